The summed E-state index contributed by atoms with van der Waals surface area (Å²) in [5.41, 5.74) is 0.702. The second-order valence-corrected chi connectivity index (χ2v) is 6.00. The van der Waals surface area contributed by atoms with Crippen LogP contribution in [0, 0.1) is 19.8 Å². The lowest BCUT2D eigenvalue weighted by Crippen LogP contribution is -2.45. The number of hydrogen-bond acceptors (Lipinski definition) is 4. The van der Waals surface area contributed by atoms with Gasteiger partial charge in [-0.3, -0.25) is 4.79 Å². The minimum atomic E-state index is 0.00537. The molecule has 3 rings (SSSR count). The Hall–Kier alpha value is -1.36. The Kier molecular flexibility index (Phi) is 3.78. The normalized spacial score (nSPS) is 27.0. The van der Waals surface area contributed by atoms with E-state index in [4.69, 9.17) is 4.42 Å². The number of aromatic nitrogens is 1. The highest BCUT2D eigenvalue weighted by atomic mass is 16.4. The fourth-order valence-electron chi connectivity index (χ4n) is 3.51. The molecule has 2 unspecified atom stereocenters. The number of carbonyl (C=O) groups excluding carboxylic acids is 1. The first-order chi connectivity index (χ1) is 9.65. The third kappa shape index (κ3) is 2.59. The first kappa shape index (κ1) is 13.6. The van der Waals surface area contributed by atoms with E-state index >= 15 is 0 Å². The van der Waals surface area contributed by atoms with Crippen molar-refractivity contribution in [2.24, 2.45) is 5.92 Å². The van der Waals surface area contributed by atoms with Gasteiger partial charge in [-0.1, -0.05) is 0 Å². The van der Waals surface area contributed by atoms with Crippen LogP contribution in [0.2, 0.25) is 0 Å². The van der Waals surface area contributed by atoms with Gasteiger partial charge < -0.3 is 14.6 Å². The molecule has 2 saturated heterocycles. The summed E-state index contributed by atoms with van der Waals surface area (Å²) in [6.07, 6.45) is 4.80. The molecular formula is C15H23N3O2. The number of nitrogens with one attached hydrogen (secondary N) is 1. The lowest BCUT2D eigenvalue weighted by molar-refractivity contribution is 0.0617. The number of piperidine rings is 1. The van der Waals surface area contributed by atoms with Crippen LogP contribution in [0.5, 0.6) is 0 Å². The van der Waals surface area contributed by atoms with E-state index in [0.29, 0.717) is 29.3 Å². The summed E-state index contributed by atoms with van der Waals surface area (Å²) in [6.45, 7) is 6.42. The molecule has 2 atom stereocenters. The molecule has 1 N–H and O–H groups in total. The maximum atomic E-state index is 12.6. The molecule has 110 valence electrons. The van der Waals surface area contributed by atoms with Gasteiger partial charge in [0, 0.05) is 26.1 Å². The second kappa shape index (κ2) is 5.56. The fourth-order valence-corrected chi connectivity index (χ4v) is 3.51. The maximum Gasteiger partial charge on any atom is 0.291 e. The highest BCUT2D eigenvalue weighted by Crippen LogP contribution is 2.26. The minimum Gasteiger partial charge on any atom is -0.436 e. The van der Waals surface area contributed by atoms with Crippen molar-refractivity contribution in [1.82, 2.24) is 15.2 Å². The van der Waals surface area contributed by atoms with Crippen LogP contribution in [0.3, 0.4) is 0 Å². The van der Waals surface area contributed by atoms with E-state index in [0.717, 1.165) is 26.1 Å². The Morgan fingerprint density at radius 1 is 1.35 bits per heavy atom. The van der Waals surface area contributed by atoms with Gasteiger partial charge in [-0.25, -0.2) is 4.98 Å². The average molecular weight is 277 g/mol. The molecule has 1 aromatic heterocycles. The Morgan fingerprint density at radius 2 is 2.20 bits per heavy atom. The van der Waals surface area contributed by atoms with Gasteiger partial charge in [0.25, 0.3) is 5.91 Å². The van der Waals surface area contributed by atoms with Gasteiger partial charge in [-0.05, 0) is 45.1 Å². The molecular weight excluding hydrogens is 254 g/mol. The van der Waals surface area contributed by atoms with Crippen molar-refractivity contribution in [2.75, 3.05) is 19.6 Å². The molecule has 0 spiro atoms. The topological polar surface area (TPSA) is 58.4 Å². The van der Waals surface area contributed by atoms with Crippen LogP contribution in [0.25, 0.3) is 0 Å². The van der Waals surface area contributed by atoms with Crippen molar-refractivity contribution in [3.63, 3.8) is 0 Å². The van der Waals surface area contributed by atoms with Crippen LogP contribution in [-0.2, 0) is 0 Å². The number of likely N-dealkylation sites (tertiary alicyclic amines) is 1. The largest absolute Gasteiger partial charge is 0.436 e. The molecule has 1 amide bonds. The molecule has 5 nitrogen and oxygen atoms in total. The zero-order valence-corrected chi connectivity index (χ0v) is 12.3. The molecule has 1 aromatic rings. The Balaban J connectivity index is 1.70. The van der Waals surface area contributed by atoms with E-state index < -0.39 is 0 Å². The summed E-state index contributed by atoms with van der Waals surface area (Å²) in [6, 6.07) is 0.586. The summed E-state index contributed by atoms with van der Waals surface area (Å²) >= 11 is 0. The van der Waals surface area contributed by atoms with Gasteiger partial charge >= 0.3 is 0 Å². The SMILES string of the molecule is Cc1nc(C)c(C(=O)N2CCCC(C3CCCN3)C2)o1. The molecule has 0 aromatic carbocycles. The van der Waals surface area contributed by atoms with Crippen LogP contribution in [-0.4, -0.2) is 41.5 Å². The van der Waals surface area contributed by atoms with E-state index in [1.54, 1.807) is 6.92 Å². The Labute approximate surface area is 119 Å². The molecule has 20 heavy (non-hydrogen) atoms. The molecule has 3 heterocycles. The fraction of sp³-hybridized carbons (Fsp3) is 0.733. The molecule has 0 aliphatic carbocycles. The summed E-state index contributed by atoms with van der Waals surface area (Å²) in [5, 5.41) is 3.57. The number of carbonyl (C=O) groups is 1. The minimum absolute atomic E-state index is 0.00537. The van der Waals surface area contributed by atoms with Crippen molar-refractivity contribution < 1.29 is 9.21 Å². The lowest BCUT2D eigenvalue weighted by Gasteiger charge is -2.35. The van der Waals surface area contributed by atoms with Gasteiger partial charge in [-0.15, -0.1) is 0 Å². The Bertz CT molecular complexity index is 491. The zero-order chi connectivity index (χ0) is 14.1. The predicted octanol–water partition coefficient (Wildman–Crippen LogP) is 1.90. The zero-order valence-electron chi connectivity index (χ0n) is 12.3. The van der Waals surface area contributed by atoms with Crippen LogP contribution in [0.15, 0.2) is 4.42 Å². The monoisotopic (exact) mass is 277 g/mol. The molecule has 0 bridgehead atoms. The standard InChI is InChI=1S/C15H23N3O2/c1-10-14(20-11(2)17-10)15(19)18-8-4-5-12(9-18)13-6-3-7-16-13/h12-13,16H,3-9H2,1-2H3. The molecule has 2 fully saturated rings. The smallest absolute Gasteiger partial charge is 0.291 e. The molecule has 2 aliphatic rings. The van der Waals surface area contributed by atoms with E-state index in [9.17, 15) is 4.79 Å². The van der Waals surface area contributed by atoms with Crippen molar-refractivity contribution >= 4 is 5.91 Å². The van der Waals surface area contributed by atoms with Gasteiger partial charge in [0.15, 0.2) is 5.89 Å². The number of aryl methyl sites for hydroxylation is 2. The number of amides is 1. The molecule has 0 saturated carbocycles. The van der Waals surface area contributed by atoms with Crippen molar-refractivity contribution in [3.8, 4) is 0 Å². The number of nitrogens with zero attached hydrogens (tertiary/aromatic N) is 2. The number of rotatable bonds is 2. The number of oxazole rings is 1. The van der Waals surface area contributed by atoms with E-state index in [2.05, 4.69) is 10.3 Å². The lowest BCUT2D eigenvalue weighted by atomic mass is 9.89. The maximum absolute atomic E-state index is 12.6. The third-order valence-electron chi connectivity index (χ3n) is 4.51. The van der Waals surface area contributed by atoms with Crippen molar-refractivity contribution in [1.29, 1.82) is 0 Å². The Morgan fingerprint density at radius 3 is 2.85 bits per heavy atom. The summed E-state index contributed by atoms with van der Waals surface area (Å²) in [5.74, 6) is 1.57. The van der Waals surface area contributed by atoms with Crippen LogP contribution in [0.4, 0.5) is 0 Å². The first-order valence-electron chi connectivity index (χ1n) is 7.62. The second-order valence-electron chi connectivity index (χ2n) is 6.00. The summed E-state index contributed by atoms with van der Waals surface area (Å²) < 4.78 is 5.47. The van der Waals surface area contributed by atoms with E-state index in [1.165, 1.54) is 19.3 Å². The van der Waals surface area contributed by atoms with Crippen LogP contribution < -0.4 is 5.32 Å². The van der Waals surface area contributed by atoms with Crippen LogP contribution in [0.1, 0.15) is 47.8 Å². The highest BCUT2D eigenvalue weighted by Gasteiger charge is 2.32. The first-order valence-corrected chi connectivity index (χ1v) is 7.62. The third-order valence-corrected chi connectivity index (χ3v) is 4.51. The quantitative estimate of drug-likeness (QED) is 0.897. The van der Waals surface area contributed by atoms with Gasteiger partial charge in [0.05, 0.1) is 5.69 Å². The average Bonchev–Trinajstić information content (AvgIpc) is 3.08. The predicted molar refractivity (Wildman–Crippen MR) is 75.6 cm³/mol. The van der Waals surface area contributed by atoms with Gasteiger partial charge in [0.1, 0.15) is 0 Å². The van der Waals surface area contributed by atoms with Crippen molar-refractivity contribution in [3.05, 3.63) is 17.3 Å². The molecule has 2 aliphatic heterocycles. The molecule has 5 heteroatoms. The van der Waals surface area contributed by atoms with E-state index in [-0.39, 0.29) is 5.91 Å². The summed E-state index contributed by atoms with van der Waals surface area (Å²) in [7, 11) is 0. The number of hydrogen-bond donors (Lipinski definition) is 1. The van der Waals surface area contributed by atoms with Gasteiger partial charge in [0.2, 0.25) is 5.76 Å². The van der Waals surface area contributed by atoms with Crippen molar-refractivity contribution in [2.45, 2.75) is 45.6 Å². The highest BCUT2D eigenvalue weighted by molar-refractivity contribution is 5.92. The van der Waals surface area contributed by atoms with Crippen LogP contribution >= 0.6 is 0 Å². The van der Waals surface area contributed by atoms with Gasteiger partial charge in [-0.2, -0.15) is 0 Å². The summed E-state index contributed by atoms with van der Waals surface area (Å²) in [4.78, 5) is 18.7. The molecule has 0 radical (unpaired) electrons. The van der Waals surface area contributed by atoms with E-state index in [1.807, 2.05) is 11.8 Å².